The Labute approximate surface area is 108 Å². The van der Waals surface area contributed by atoms with Crippen molar-refractivity contribution in [1.29, 1.82) is 0 Å². The van der Waals surface area contributed by atoms with Gasteiger partial charge in [-0.15, -0.1) is 0 Å². The monoisotopic (exact) mass is 252 g/mol. The van der Waals surface area contributed by atoms with E-state index in [4.69, 9.17) is 10.5 Å². The van der Waals surface area contributed by atoms with E-state index in [0.29, 0.717) is 11.7 Å². The molecule has 0 unspecified atom stereocenters. The fraction of sp³-hybridized carbons (Fsp3) is 0.571. The lowest BCUT2D eigenvalue weighted by Crippen LogP contribution is -2.33. The summed E-state index contributed by atoms with van der Waals surface area (Å²) in [5, 5.41) is 0. The smallest absolute Gasteiger partial charge is 0.167 e. The molecule has 0 spiro atoms. The van der Waals surface area contributed by atoms with Gasteiger partial charge in [0.05, 0.1) is 18.5 Å². The van der Waals surface area contributed by atoms with Crippen LogP contribution in [0.1, 0.15) is 32.6 Å². The number of halogens is 1. The summed E-state index contributed by atoms with van der Waals surface area (Å²) in [7, 11) is 1.48. The standard InChI is InChI=1S/C14H21FN2O/c1-3-17(10-6-4-5-7-10)13-9-14(18-2)11(15)8-12(13)16/h8-10H,3-7,16H2,1-2H3. The number of hydrogen-bond donors (Lipinski definition) is 1. The molecule has 1 saturated carbocycles. The van der Waals surface area contributed by atoms with E-state index in [1.54, 1.807) is 6.07 Å². The lowest BCUT2D eigenvalue weighted by atomic mass is 10.1. The zero-order valence-electron chi connectivity index (χ0n) is 11.1. The number of nitrogen functional groups attached to an aromatic ring is 1. The molecule has 0 aromatic heterocycles. The summed E-state index contributed by atoms with van der Waals surface area (Å²) >= 11 is 0. The first-order chi connectivity index (χ1) is 8.67. The Morgan fingerprint density at radius 1 is 1.39 bits per heavy atom. The van der Waals surface area contributed by atoms with Crippen LogP contribution in [0.25, 0.3) is 0 Å². The summed E-state index contributed by atoms with van der Waals surface area (Å²) in [5.41, 5.74) is 7.33. The fourth-order valence-corrected chi connectivity index (χ4v) is 2.80. The van der Waals surface area contributed by atoms with Gasteiger partial charge in [0.25, 0.3) is 0 Å². The zero-order valence-corrected chi connectivity index (χ0v) is 11.1. The molecule has 1 fully saturated rings. The first-order valence-electron chi connectivity index (χ1n) is 6.57. The van der Waals surface area contributed by atoms with Gasteiger partial charge in [-0.2, -0.15) is 0 Å². The summed E-state index contributed by atoms with van der Waals surface area (Å²) in [4.78, 5) is 2.27. The molecule has 0 heterocycles. The largest absolute Gasteiger partial charge is 0.494 e. The van der Waals surface area contributed by atoms with Crippen LogP contribution in [0.3, 0.4) is 0 Å². The maximum atomic E-state index is 13.6. The molecule has 0 bridgehead atoms. The van der Waals surface area contributed by atoms with Crippen molar-refractivity contribution in [1.82, 2.24) is 0 Å². The van der Waals surface area contributed by atoms with Crippen LogP contribution in [0.5, 0.6) is 5.75 Å². The lowest BCUT2D eigenvalue weighted by molar-refractivity contribution is 0.386. The second-order valence-corrected chi connectivity index (χ2v) is 4.77. The van der Waals surface area contributed by atoms with Crippen LogP contribution in [-0.4, -0.2) is 19.7 Å². The molecule has 0 radical (unpaired) electrons. The number of benzene rings is 1. The maximum Gasteiger partial charge on any atom is 0.167 e. The van der Waals surface area contributed by atoms with Gasteiger partial charge in [0.2, 0.25) is 0 Å². The third-order valence-electron chi connectivity index (χ3n) is 3.72. The van der Waals surface area contributed by atoms with Crippen LogP contribution in [-0.2, 0) is 0 Å². The zero-order chi connectivity index (χ0) is 13.1. The van der Waals surface area contributed by atoms with E-state index in [2.05, 4.69) is 11.8 Å². The number of methoxy groups -OCH3 is 1. The summed E-state index contributed by atoms with van der Waals surface area (Å²) in [6.45, 7) is 2.98. The van der Waals surface area contributed by atoms with Gasteiger partial charge >= 0.3 is 0 Å². The molecule has 0 atom stereocenters. The van der Waals surface area contributed by atoms with E-state index in [-0.39, 0.29) is 5.75 Å². The van der Waals surface area contributed by atoms with Crippen LogP contribution in [0.2, 0.25) is 0 Å². The van der Waals surface area contributed by atoms with Crippen molar-refractivity contribution >= 4 is 11.4 Å². The van der Waals surface area contributed by atoms with Gasteiger partial charge in [-0.05, 0) is 19.8 Å². The summed E-state index contributed by atoms with van der Waals surface area (Å²) in [5.74, 6) is -0.142. The minimum absolute atomic E-state index is 0.260. The molecule has 1 aromatic rings. The Morgan fingerprint density at radius 3 is 2.61 bits per heavy atom. The molecule has 18 heavy (non-hydrogen) atoms. The first kappa shape index (κ1) is 13.0. The quantitative estimate of drug-likeness (QED) is 0.836. The Hall–Kier alpha value is -1.45. The van der Waals surface area contributed by atoms with Gasteiger partial charge < -0.3 is 15.4 Å². The highest BCUT2D eigenvalue weighted by atomic mass is 19.1. The highest BCUT2D eigenvalue weighted by Gasteiger charge is 2.24. The van der Waals surface area contributed by atoms with Crippen molar-refractivity contribution in [3.8, 4) is 5.75 Å². The molecule has 0 amide bonds. The number of nitrogens with zero attached hydrogens (tertiary/aromatic N) is 1. The normalized spacial score (nSPS) is 15.9. The predicted molar refractivity (Wildman–Crippen MR) is 72.6 cm³/mol. The number of hydrogen-bond acceptors (Lipinski definition) is 3. The average Bonchev–Trinajstić information content (AvgIpc) is 2.86. The van der Waals surface area contributed by atoms with E-state index in [0.717, 1.165) is 12.2 Å². The molecule has 4 heteroatoms. The fourth-order valence-electron chi connectivity index (χ4n) is 2.80. The SMILES string of the molecule is CCN(c1cc(OC)c(F)cc1N)C1CCCC1. The molecular formula is C14H21FN2O. The predicted octanol–water partition coefficient (Wildman–Crippen LogP) is 3.19. The second-order valence-electron chi connectivity index (χ2n) is 4.77. The van der Waals surface area contributed by atoms with Gasteiger partial charge in [-0.25, -0.2) is 4.39 Å². The molecule has 1 aromatic carbocycles. The van der Waals surface area contributed by atoms with E-state index in [1.165, 1.54) is 38.9 Å². The van der Waals surface area contributed by atoms with Gasteiger partial charge in [-0.3, -0.25) is 0 Å². The second kappa shape index (κ2) is 5.46. The van der Waals surface area contributed by atoms with Gasteiger partial charge in [0.1, 0.15) is 0 Å². The molecule has 1 aliphatic carbocycles. The van der Waals surface area contributed by atoms with Crippen LogP contribution in [0, 0.1) is 5.82 Å². The van der Waals surface area contributed by atoms with Crippen molar-refractivity contribution in [3.05, 3.63) is 17.9 Å². The highest BCUT2D eigenvalue weighted by molar-refractivity contribution is 5.70. The maximum absolute atomic E-state index is 13.6. The van der Waals surface area contributed by atoms with Crippen molar-refractivity contribution in [2.24, 2.45) is 0 Å². The Bertz CT molecular complexity index is 417. The number of anilines is 2. The van der Waals surface area contributed by atoms with Crippen molar-refractivity contribution < 1.29 is 9.13 Å². The van der Waals surface area contributed by atoms with E-state index in [9.17, 15) is 4.39 Å². The molecule has 1 aliphatic rings. The molecule has 2 N–H and O–H groups in total. The van der Waals surface area contributed by atoms with Gasteiger partial charge in [-0.1, -0.05) is 12.8 Å². The molecule has 0 saturated heterocycles. The minimum Gasteiger partial charge on any atom is -0.494 e. The third-order valence-corrected chi connectivity index (χ3v) is 3.72. The Morgan fingerprint density at radius 2 is 2.06 bits per heavy atom. The Balaban J connectivity index is 2.34. The van der Waals surface area contributed by atoms with Crippen molar-refractivity contribution in [2.75, 3.05) is 24.3 Å². The van der Waals surface area contributed by atoms with Crippen molar-refractivity contribution in [2.45, 2.75) is 38.6 Å². The summed E-state index contributed by atoms with van der Waals surface area (Å²) < 4.78 is 18.6. The van der Waals surface area contributed by atoms with E-state index >= 15 is 0 Å². The van der Waals surface area contributed by atoms with Crippen LogP contribution >= 0.6 is 0 Å². The third kappa shape index (κ3) is 2.37. The molecule has 2 rings (SSSR count). The van der Waals surface area contributed by atoms with Crippen molar-refractivity contribution in [3.63, 3.8) is 0 Å². The van der Waals surface area contributed by atoms with Gasteiger partial charge in [0.15, 0.2) is 11.6 Å². The van der Waals surface area contributed by atoms with Crippen LogP contribution in [0.15, 0.2) is 12.1 Å². The van der Waals surface area contributed by atoms with E-state index in [1.807, 2.05) is 0 Å². The summed E-state index contributed by atoms with van der Waals surface area (Å²) in [6, 6.07) is 3.59. The molecular weight excluding hydrogens is 231 g/mol. The number of ether oxygens (including phenoxy) is 1. The van der Waals surface area contributed by atoms with Crippen LogP contribution in [0.4, 0.5) is 15.8 Å². The number of rotatable bonds is 4. The molecule has 0 aliphatic heterocycles. The molecule has 100 valence electrons. The molecule has 3 nitrogen and oxygen atoms in total. The summed E-state index contributed by atoms with van der Waals surface area (Å²) in [6.07, 6.45) is 4.90. The topological polar surface area (TPSA) is 38.5 Å². The first-order valence-corrected chi connectivity index (χ1v) is 6.57. The minimum atomic E-state index is -0.402. The number of nitrogens with two attached hydrogens (primary N) is 1. The van der Waals surface area contributed by atoms with E-state index < -0.39 is 5.82 Å². The van der Waals surface area contributed by atoms with Gasteiger partial charge in [0, 0.05) is 24.7 Å². The average molecular weight is 252 g/mol. The van der Waals surface area contributed by atoms with Crippen LogP contribution < -0.4 is 15.4 Å². The highest BCUT2D eigenvalue weighted by Crippen LogP contribution is 2.35. The Kier molecular flexibility index (Phi) is 3.94. The lowest BCUT2D eigenvalue weighted by Gasteiger charge is -2.31.